The molecule has 2 aromatic carbocycles. The van der Waals surface area contributed by atoms with E-state index in [0.717, 1.165) is 36.2 Å². The number of rotatable bonds is 7. The molecule has 1 aliphatic carbocycles. The molecule has 3 aliphatic rings. The lowest BCUT2D eigenvalue weighted by Crippen LogP contribution is -2.58. The summed E-state index contributed by atoms with van der Waals surface area (Å²) in [6, 6.07) is 12.6. The van der Waals surface area contributed by atoms with Gasteiger partial charge in [0.2, 0.25) is 0 Å². The summed E-state index contributed by atoms with van der Waals surface area (Å²) in [6.45, 7) is 2.54. The summed E-state index contributed by atoms with van der Waals surface area (Å²) in [5.41, 5.74) is 9.41. The maximum absolute atomic E-state index is 15.5. The van der Waals surface area contributed by atoms with Crippen LogP contribution >= 0.6 is 0 Å². The SMILES string of the molecule is COCCC1N=C(c2cc(C(=O)N3CC(F)(c4ccc(C#N)cc4)C3)c(C)cc2C2CCC2)NN1. The number of nitrogens with zero attached hydrogens (tertiary/aromatic N) is 3. The van der Waals surface area contributed by atoms with Gasteiger partial charge in [0.15, 0.2) is 5.67 Å². The highest BCUT2D eigenvalue weighted by Crippen LogP contribution is 2.41. The number of benzene rings is 2. The van der Waals surface area contributed by atoms with Crippen molar-refractivity contribution in [3.05, 3.63) is 69.8 Å². The largest absolute Gasteiger partial charge is 0.385 e. The van der Waals surface area contributed by atoms with Crippen molar-refractivity contribution >= 4 is 11.7 Å². The second-order valence-corrected chi connectivity index (χ2v) is 9.74. The molecule has 1 amide bonds. The van der Waals surface area contributed by atoms with Crippen LogP contribution < -0.4 is 10.9 Å². The first-order chi connectivity index (χ1) is 16.9. The number of hydrogen-bond acceptors (Lipinski definition) is 6. The maximum atomic E-state index is 15.5. The number of amides is 1. The van der Waals surface area contributed by atoms with Crippen LogP contribution in [0.5, 0.6) is 0 Å². The van der Waals surface area contributed by atoms with Crippen molar-refractivity contribution in [3.63, 3.8) is 0 Å². The second-order valence-electron chi connectivity index (χ2n) is 9.74. The molecular formula is C27H30FN5O2. The van der Waals surface area contributed by atoms with Crippen LogP contribution in [0.1, 0.15) is 69.8 Å². The van der Waals surface area contributed by atoms with Crippen LogP contribution in [0, 0.1) is 18.3 Å². The van der Waals surface area contributed by atoms with Crippen molar-refractivity contribution in [1.82, 2.24) is 15.8 Å². The van der Waals surface area contributed by atoms with Gasteiger partial charge in [-0.1, -0.05) is 24.6 Å². The number of methoxy groups -OCH3 is 1. The molecule has 5 rings (SSSR count). The summed E-state index contributed by atoms with van der Waals surface area (Å²) in [6.07, 6.45) is 4.13. The first-order valence-electron chi connectivity index (χ1n) is 12.1. The lowest BCUT2D eigenvalue weighted by atomic mass is 9.76. The Hall–Kier alpha value is -3.28. The van der Waals surface area contributed by atoms with E-state index in [1.165, 1.54) is 12.0 Å². The average molecular weight is 476 g/mol. The number of aliphatic imine (C=N–C) groups is 1. The molecule has 2 aromatic rings. The molecule has 35 heavy (non-hydrogen) atoms. The third-order valence-electron chi connectivity index (χ3n) is 7.37. The molecule has 2 N–H and O–H groups in total. The fraction of sp³-hybridized carbons (Fsp3) is 0.444. The Kier molecular flexibility index (Phi) is 6.30. The smallest absolute Gasteiger partial charge is 0.254 e. The molecule has 1 atom stereocenters. The highest BCUT2D eigenvalue weighted by Gasteiger charge is 2.47. The van der Waals surface area contributed by atoms with E-state index >= 15 is 4.39 Å². The fourth-order valence-electron chi connectivity index (χ4n) is 5.00. The number of hydrogen-bond donors (Lipinski definition) is 2. The number of nitriles is 1. The quantitative estimate of drug-likeness (QED) is 0.638. The average Bonchev–Trinajstić information content (AvgIpc) is 3.28. The molecule has 0 radical (unpaired) electrons. The van der Waals surface area contributed by atoms with Gasteiger partial charge in [0.05, 0.1) is 24.7 Å². The zero-order valence-corrected chi connectivity index (χ0v) is 20.1. The second kappa shape index (κ2) is 9.40. The minimum Gasteiger partial charge on any atom is -0.385 e. The zero-order valence-electron chi connectivity index (χ0n) is 20.1. The lowest BCUT2D eigenvalue weighted by molar-refractivity contribution is -0.0231. The number of halogens is 1. The van der Waals surface area contributed by atoms with E-state index in [1.54, 1.807) is 36.3 Å². The van der Waals surface area contributed by atoms with Crippen LogP contribution in [0.3, 0.4) is 0 Å². The van der Waals surface area contributed by atoms with Gasteiger partial charge in [-0.15, -0.1) is 0 Å². The molecule has 1 saturated carbocycles. The summed E-state index contributed by atoms with van der Waals surface area (Å²) in [7, 11) is 1.67. The number of amidine groups is 1. The van der Waals surface area contributed by atoms with Crippen LogP contribution in [0.4, 0.5) is 4.39 Å². The molecule has 0 spiro atoms. The Bertz CT molecular complexity index is 1190. The molecule has 1 saturated heterocycles. The highest BCUT2D eigenvalue weighted by molar-refractivity contribution is 6.04. The minimum atomic E-state index is -1.60. The predicted molar refractivity (Wildman–Crippen MR) is 131 cm³/mol. The van der Waals surface area contributed by atoms with Crippen LogP contribution in [-0.2, 0) is 10.4 Å². The molecule has 182 valence electrons. The highest BCUT2D eigenvalue weighted by atomic mass is 19.1. The van der Waals surface area contributed by atoms with Crippen LogP contribution in [0.15, 0.2) is 41.4 Å². The monoisotopic (exact) mass is 475 g/mol. The zero-order chi connectivity index (χ0) is 24.6. The van der Waals surface area contributed by atoms with E-state index in [0.29, 0.717) is 29.2 Å². The van der Waals surface area contributed by atoms with Crippen molar-refractivity contribution in [1.29, 1.82) is 5.26 Å². The van der Waals surface area contributed by atoms with Gasteiger partial charge in [-0.3, -0.25) is 4.79 Å². The molecule has 2 heterocycles. The molecular weight excluding hydrogens is 445 g/mol. The van der Waals surface area contributed by atoms with Gasteiger partial charge in [-0.2, -0.15) is 5.26 Å². The first-order valence-corrected chi connectivity index (χ1v) is 12.1. The van der Waals surface area contributed by atoms with Gasteiger partial charge in [-0.05, 0) is 60.6 Å². The molecule has 0 aromatic heterocycles. The fourth-order valence-corrected chi connectivity index (χ4v) is 5.00. The maximum Gasteiger partial charge on any atom is 0.254 e. The Balaban J connectivity index is 1.38. The summed E-state index contributed by atoms with van der Waals surface area (Å²) < 4.78 is 20.6. The molecule has 7 nitrogen and oxygen atoms in total. The number of carbonyl (C=O) groups is 1. The lowest BCUT2D eigenvalue weighted by Gasteiger charge is -2.45. The van der Waals surface area contributed by atoms with Gasteiger partial charge in [0.1, 0.15) is 12.0 Å². The summed E-state index contributed by atoms with van der Waals surface area (Å²) >= 11 is 0. The molecule has 2 aliphatic heterocycles. The topological polar surface area (TPSA) is 89.8 Å². The third-order valence-corrected chi connectivity index (χ3v) is 7.37. The summed E-state index contributed by atoms with van der Waals surface area (Å²) in [5.74, 6) is 1.03. The Morgan fingerprint density at radius 2 is 2.03 bits per heavy atom. The summed E-state index contributed by atoms with van der Waals surface area (Å²) in [5, 5.41) is 8.98. The number of hydrazine groups is 1. The minimum absolute atomic E-state index is 0.00325. The van der Waals surface area contributed by atoms with E-state index < -0.39 is 5.67 Å². The molecule has 1 unspecified atom stereocenters. The molecule has 2 fully saturated rings. The normalized spacial score (nSPS) is 20.9. The van der Waals surface area contributed by atoms with E-state index in [4.69, 9.17) is 15.0 Å². The van der Waals surface area contributed by atoms with Crippen LogP contribution in [0.25, 0.3) is 0 Å². The van der Waals surface area contributed by atoms with Gasteiger partial charge in [0, 0.05) is 31.3 Å². The van der Waals surface area contributed by atoms with Gasteiger partial charge in [-0.25, -0.2) is 14.8 Å². The number of alkyl halides is 1. The first kappa shape index (κ1) is 23.5. The summed E-state index contributed by atoms with van der Waals surface area (Å²) in [4.78, 5) is 19.8. The number of likely N-dealkylation sites (tertiary alicyclic amines) is 1. The van der Waals surface area contributed by atoms with Gasteiger partial charge < -0.3 is 15.1 Å². The molecule has 0 bridgehead atoms. The predicted octanol–water partition coefficient (Wildman–Crippen LogP) is 3.67. The van der Waals surface area contributed by atoms with Crippen molar-refractivity contribution in [2.45, 2.75) is 50.4 Å². The number of ether oxygens (including phenoxy) is 1. The van der Waals surface area contributed by atoms with Gasteiger partial charge in [0.25, 0.3) is 5.91 Å². The van der Waals surface area contributed by atoms with E-state index in [1.807, 2.05) is 19.1 Å². The Morgan fingerprint density at radius 3 is 2.66 bits per heavy atom. The Morgan fingerprint density at radius 1 is 1.29 bits per heavy atom. The van der Waals surface area contributed by atoms with Crippen LogP contribution in [0.2, 0.25) is 0 Å². The molecule has 8 heteroatoms. The van der Waals surface area contributed by atoms with Crippen molar-refractivity contribution in [2.24, 2.45) is 4.99 Å². The number of nitrogens with one attached hydrogen (secondary N) is 2. The third kappa shape index (κ3) is 4.42. The number of aryl methyl sites for hydroxylation is 1. The van der Waals surface area contributed by atoms with Gasteiger partial charge >= 0.3 is 0 Å². The van der Waals surface area contributed by atoms with Crippen molar-refractivity contribution in [2.75, 3.05) is 26.8 Å². The van der Waals surface area contributed by atoms with Crippen molar-refractivity contribution in [3.8, 4) is 6.07 Å². The van der Waals surface area contributed by atoms with Crippen molar-refractivity contribution < 1.29 is 13.9 Å². The van der Waals surface area contributed by atoms with E-state index in [-0.39, 0.29) is 25.2 Å². The van der Waals surface area contributed by atoms with E-state index in [9.17, 15) is 4.79 Å². The Labute approximate surface area is 205 Å². The van der Waals surface area contributed by atoms with E-state index in [2.05, 4.69) is 16.9 Å². The number of carbonyl (C=O) groups excluding carboxylic acids is 1. The van der Waals surface area contributed by atoms with Crippen LogP contribution in [-0.4, -0.2) is 49.6 Å². The standard InChI is InChI=1S/C27H30FN5O2/c1-17-12-22(19-4-3-5-19)23(25-30-24(31-32-25)10-11-35-2)13-21(17)26(34)33-15-27(28,16-33)20-8-6-18(14-29)7-9-20/h6-9,12-13,19,24,31H,3-5,10-11,15-16H2,1-2H3,(H,30,32).